The van der Waals surface area contributed by atoms with Gasteiger partial charge in [-0.25, -0.2) is 4.39 Å². The summed E-state index contributed by atoms with van der Waals surface area (Å²) in [6.45, 7) is 2.08. The minimum absolute atomic E-state index is 0.157. The van der Waals surface area contributed by atoms with Crippen LogP contribution >= 0.6 is 15.9 Å². The summed E-state index contributed by atoms with van der Waals surface area (Å²) in [6.07, 6.45) is 4.05. The van der Waals surface area contributed by atoms with Gasteiger partial charge < -0.3 is 0 Å². The maximum absolute atomic E-state index is 12.8. The summed E-state index contributed by atoms with van der Waals surface area (Å²) in [7, 11) is 0. The van der Waals surface area contributed by atoms with Gasteiger partial charge in [-0.1, -0.05) is 39.7 Å². The van der Waals surface area contributed by atoms with Crippen molar-refractivity contribution in [1.82, 2.24) is 0 Å². The molecule has 0 heterocycles. The first-order chi connectivity index (χ1) is 6.72. The van der Waals surface area contributed by atoms with Crippen molar-refractivity contribution in [2.45, 2.75) is 19.8 Å². The highest BCUT2D eigenvalue weighted by atomic mass is 79.9. The van der Waals surface area contributed by atoms with Crippen molar-refractivity contribution in [3.63, 3.8) is 0 Å². The van der Waals surface area contributed by atoms with Crippen LogP contribution in [-0.2, 0) is 6.42 Å². The summed E-state index contributed by atoms with van der Waals surface area (Å²) in [6, 6.07) is 6.77. The average Bonchev–Trinajstić information content (AvgIpc) is 2.15. The Kier molecular flexibility index (Phi) is 4.88. The van der Waals surface area contributed by atoms with Crippen LogP contribution in [0.4, 0.5) is 4.39 Å². The minimum atomic E-state index is -0.157. The Morgan fingerprint density at radius 3 is 2.93 bits per heavy atom. The summed E-state index contributed by atoms with van der Waals surface area (Å²) in [4.78, 5) is 0. The summed E-state index contributed by atoms with van der Waals surface area (Å²) < 4.78 is 12.8. The largest absolute Gasteiger partial charge is 0.207 e. The Labute approximate surface area is 93.0 Å². The van der Waals surface area contributed by atoms with Crippen LogP contribution in [0.3, 0.4) is 0 Å². The van der Waals surface area contributed by atoms with Crippen LogP contribution in [0.2, 0.25) is 0 Å². The van der Waals surface area contributed by atoms with Gasteiger partial charge in [0.05, 0.1) is 0 Å². The van der Waals surface area contributed by atoms with Crippen LogP contribution in [0.1, 0.15) is 18.9 Å². The van der Waals surface area contributed by atoms with E-state index in [1.165, 1.54) is 11.6 Å². The zero-order valence-corrected chi connectivity index (χ0v) is 9.85. The Bertz CT molecular complexity index is 318. The Morgan fingerprint density at radius 2 is 2.29 bits per heavy atom. The topological polar surface area (TPSA) is 0 Å². The fraction of sp³-hybridized carbons (Fsp3) is 0.333. The van der Waals surface area contributed by atoms with Crippen LogP contribution < -0.4 is 0 Å². The number of halogens is 2. The number of hydrogen-bond acceptors (Lipinski definition) is 0. The first-order valence-corrected chi connectivity index (χ1v) is 5.80. The Morgan fingerprint density at radius 1 is 1.50 bits per heavy atom. The monoisotopic (exact) mass is 256 g/mol. The first-order valence-electron chi connectivity index (χ1n) is 4.68. The molecule has 0 aliphatic rings. The molecular formula is C12H14BrF. The quantitative estimate of drug-likeness (QED) is 0.562. The molecule has 0 radical (unpaired) electrons. The molecule has 0 spiro atoms. The van der Waals surface area contributed by atoms with Gasteiger partial charge in [-0.05, 0) is 37.5 Å². The van der Waals surface area contributed by atoms with E-state index in [9.17, 15) is 4.39 Å². The number of alkyl halides is 1. The standard InChI is InChI=1S/C12H14BrF/c1-10(4-3-7-13)8-11-5-2-6-12(14)9-11/h2,4-6,9H,3,7-8H2,1H3. The van der Waals surface area contributed by atoms with E-state index in [0.29, 0.717) is 0 Å². The highest BCUT2D eigenvalue weighted by Gasteiger charge is 1.96. The average molecular weight is 257 g/mol. The lowest BCUT2D eigenvalue weighted by Crippen LogP contribution is -1.88. The van der Waals surface area contributed by atoms with Gasteiger partial charge in [0, 0.05) is 5.33 Å². The molecule has 0 saturated heterocycles. The van der Waals surface area contributed by atoms with Crippen LogP contribution in [-0.4, -0.2) is 5.33 Å². The summed E-state index contributed by atoms with van der Waals surface area (Å²) >= 11 is 3.37. The minimum Gasteiger partial charge on any atom is -0.207 e. The van der Waals surface area contributed by atoms with Crippen molar-refractivity contribution in [1.29, 1.82) is 0 Å². The van der Waals surface area contributed by atoms with Crippen molar-refractivity contribution in [2.24, 2.45) is 0 Å². The lowest BCUT2D eigenvalue weighted by molar-refractivity contribution is 0.626. The maximum atomic E-state index is 12.8. The van der Waals surface area contributed by atoms with E-state index in [0.717, 1.165) is 23.7 Å². The smallest absolute Gasteiger partial charge is 0.123 e. The van der Waals surface area contributed by atoms with Gasteiger partial charge >= 0.3 is 0 Å². The molecule has 0 aliphatic heterocycles. The second-order valence-corrected chi connectivity index (χ2v) is 4.13. The van der Waals surface area contributed by atoms with Crippen LogP contribution in [0, 0.1) is 5.82 Å². The molecule has 0 nitrogen and oxygen atoms in total. The molecule has 2 heteroatoms. The summed E-state index contributed by atoms with van der Waals surface area (Å²) in [5.74, 6) is -0.157. The zero-order valence-electron chi connectivity index (χ0n) is 8.26. The van der Waals surface area contributed by atoms with Crippen molar-refractivity contribution < 1.29 is 4.39 Å². The molecule has 0 aromatic heterocycles. The number of allylic oxidation sites excluding steroid dienone is 2. The van der Waals surface area contributed by atoms with Gasteiger partial charge in [0.25, 0.3) is 0 Å². The zero-order chi connectivity index (χ0) is 10.4. The van der Waals surface area contributed by atoms with Crippen molar-refractivity contribution in [2.75, 3.05) is 5.33 Å². The fourth-order valence-corrected chi connectivity index (χ4v) is 1.57. The molecule has 0 amide bonds. The summed E-state index contributed by atoms with van der Waals surface area (Å²) in [5, 5.41) is 0.980. The molecule has 0 N–H and O–H groups in total. The molecule has 1 rings (SSSR count). The van der Waals surface area contributed by atoms with E-state index in [2.05, 4.69) is 28.9 Å². The van der Waals surface area contributed by atoms with E-state index in [1.807, 2.05) is 6.07 Å². The highest BCUT2D eigenvalue weighted by Crippen LogP contribution is 2.10. The molecule has 0 bridgehead atoms. The van der Waals surface area contributed by atoms with Gasteiger partial charge in [-0.2, -0.15) is 0 Å². The first kappa shape index (κ1) is 11.4. The third-order valence-electron chi connectivity index (χ3n) is 1.97. The van der Waals surface area contributed by atoms with Crippen LogP contribution in [0.25, 0.3) is 0 Å². The molecule has 0 unspecified atom stereocenters. The molecule has 14 heavy (non-hydrogen) atoms. The SMILES string of the molecule is CC(=CCCBr)Cc1cccc(F)c1. The highest BCUT2D eigenvalue weighted by molar-refractivity contribution is 9.09. The van der Waals surface area contributed by atoms with Gasteiger partial charge in [0.1, 0.15) is 5.82 Å². The lowest BCUT2D eigenvalue weighted by Gasteiger charge is -2.01. The summed E-state index contributed by atoms with van der Waals surface area (Å²) in [5.41, 5.74) is 2.32. The molecule has 0 fully saturated rings. The predicted molar refractivity (Wildman–Crippen MR) is 62.3 cm³/mol. The van der Waals surface area contributed by atoms with Gasteiger partial charge in [-0.15, -0.1) is 0 Å². The fourth-order valence-electron chi connectivity index (χ4n) is 1.34. The van der Waals surface area contributed by atoms with E-state index >= 15 is 0 Å². The Balaban J connectivity index is 2.60. The van der Waals surface area contributed by atoms with Crippen LogP contribution in [0.15, 0.2) is 35.9 Å². The second kappa shape index (κ2) is 5.97. The third kappa shape index (κ3) is 4.05. The van der Waals surface area contributed by atoms with Gasteiger partial charge in [0.15, 0.2) is 0 Å². The second-order valence-electron chi connectivity index (χ2n) is 3.33. The van der Waals surface area contributed by atoms with E-state index in [-0.39, 0.29) is 5.82 Å². The van der Waals surface area contributed by atoms with Crippen molar-refractivity contribution >= 4 is 15.9 Å². The normalized spacial score (nSPS) is 11.8. The van der Waals surface area contributed by atoms with Crippen LogP contribution in [0.5, 0.6) is 0 Å². The Hall–Kier alpha value is -0.630. The molecular weight excluding hydrogens is 243 g/mol. The molecule has 0 atom stereocenters. The molecule has 1 aromatic carbocycles. The number of benzene rings is 1. The predicted octanol–water partition coefficient (Wildman–Crippen LogP) is 4.10. The van der Waals surface area contributed by atoms with E-state index in [4.69, 9.17) is 0 Å². The number of hydrogen-bond donors (Lipinski definition) is 0. The van der Waals surface area contributed by atoms with E-state index in [1.54, 1.807) is 12.1 Å². The molecule has 0 aliphatic carbocycles. The lowest BCUT2D eigenvalue weighted by atomic mass is 10.1. The molecule has 76 valence electrons. The number of rotatable bonds is 4. The third-order valence-corrected chi connectivity index (χ3v) is 2.43. The van der Waals surface area contributed by atoms with Gasteiger partial charge in [0.2, 0.25) is 0 Å². The van der Waals surface area contributed by atoms with E-state index < -0.39 is 0 Å². The van der Waals surface area contributed by atoms with Crippen molar-refractivity contribution in [3.8, 4) is 0 Å². The molecule has 0 saturated carbocycles. The maximum Gasteiger partial charge on any atom is 0.123 e. The molecule has 1 aromatic rings. The van der Waals surface area contributed by atoms with Crippen molar-refractivity contribution in [3.05, 3.63) is 47.3 Å². The van der Waals surface area contributed by atoms with Gasteiger partial charge in [-0.3, -0.25) is 0 Å².